The van der Waals surface area contributed by atoms with E-state index in [0.29, 0.717) is 28.1 Å². The van der Waals surface area contributed by atoms with Crippen LogP contribution in [0.25, 0.3) is 11.0 Å². The van der Waals surface area contributed by atoms with Crippen molar-refractivity contribution in [3.8, 4) is 0 Å². The molecule has 1 aliphatic rings. The molecule has 1 amide bonds. The summed E-state index contributed by atoms with van der Waals surface area (Å²) in [7, 11) is 0. The summed E-state index contributed by atoms with van der Waals surface area (Å²) in [5.41, 5.74) is 3.55. The normalized spacial score (nSPS) is 16.4. The van der Waals surface area contributed by atoms with Gasteiger partial charge >= 0.3 is 0 Å². The Hall–Kier alpha value is -2.59. The summed E-state index contributed by atoms with van der Waals surface area (Å²) < 4.78 is 5.99. The number of halogens is 1. The molecule has 0 aliphatic carbocycles. The Bertz CT molecular complexity index is 1200. The Balaban J connectivity index is 1.95. The highest BCUT2D eigenvalue weighted by Crippen LogP contribution is 2.39. The summed E-state index contributed by atoms with van der Waals surface area (Å²) in [5, 5.41) is 0.919. The van der Waals surface area contributed by atoms with Gasteiger partial charge in [-0.2, -0.15) is 0 Å². The molecule has 0 spiro atoms. The molecule has 3 aromatic rings. The van der Waals surface area contributed by atoms with E-state index in [4.69, 9.17) is 16.0 Å². The molecule has 4 rings (SSSR count). The Morgan fingerprint density at radius 1 is 1.10 bits per heavy atom. The van der Waals surface area contributed by atoms with Crippen molar-refractivity contribution in [2.45, 2.75) is 52.5 Å². The van der Waals surface area contributed by atoms with Gasteiger partial charge in [0.25, 0.3) is 5.91 Å². The standard InChI is InChI=1S/C25H26ClNO3/c1-6-11-27-21(15-7-9-16(10-8-15)25(3,4)5)20-22(28)17-13-18(26)14(2)12-19(17)30-23(20)24(27)29/h7-10,12-13,21H,6,11H2,1-5H3. The highest BCUT2D eigenvalue weighted by Gasteiger charge is 2.42. The molecule has 0 saturated carbocycles. The average molecular weight is 424 g/mol. The van der Waals surface area contributed by atoms with Crippen molar-refractivity contribution in [1.29, 1.82) is 0 Å². The number of nitrogens with zero attached hydrogens (tertiary/aromatic N) is 1. The molecule has 2 aromatic carbocycles. The lowest BCUT2D eigenvalue weighted by Crippen LogP contribution is -2.30. The van der Waals surface area contributed by atoms with E-state index in [9.17, 15) is 9.59 Å². The predicted molar refractivity (Wildman–Crippen MR) is 121 cm³/mol. The zero-order valence-corrected chi connectivity index (χ0v) is 18.8. The molecule has 1 unspecified atom stereocenters. The molecule has 0 fully saturated rings. The lowest BCUT2D eigenvalue weighted by atomic mass is 9.86. The third-order valence-electron chi connectivity index (χ3n) is 5.80. The number of carbonyl (C=O) groups excluding carboxylic acids is 1. The zero-order valence-electron chi connectivity index (χ0n) is 18.0. The highest BCUT2D eigenvalue weighted by atomic mass is 35.5. The summed E-state index contributed by atoms with van der Waals surface area (Å²) in [6.07, 6.45) is 0.787. The van der Waals surface area contributed by atoms with Gasteiger partial charge in [-0.1, -0.05) is 63.6 Å². The van der Waals surface area contributed by atoms with Gasteiger partial charge < -0.3 is 9.32 Å². The first-order chi connectivity index (χ1) is 14.1. The van der Waals surface area contributed by atoms with Gasteiger partial charge in [-0.3, -0.25) is 9.59 Å². The van der Waals surface area contributed by atoms with Crippen LogP contribution in [0.15, 0.2) is 45.6 Å². The van der Waals surface area contributed by atoms with Crippen molar-refractivity contribution >= 4 is 28.5 Å². The van der Waals surface area contributed by atoms with E-state index in [-0.39, 0.29) is 22.5 Å². The van der Waals surface area contributed by atoms with Crippen molar-refractivity contribution < 1.29 is 9.21 Å². The maximum Gasteiger partial charge on any atom is 0.290 e. The fourth-order valence-corrected chi connectivity index (χ4v) is 4.29. The third-order valence-corrected chi connectivity index (χ3v) is 6.21. The maximum absolute atomic E-state index is 13.5. The summed E-state index contributed by atoms with van der Waals surface area (Å²) in [4.78, 5) is 28.4. The zero-order chi connectivity index (χ0) is 21.8. The van der Waals surface area contributed by atoms with Gasteiger partial charge in [0, 0.05) is 11.6 Å². The molecule has 30 heavy (non-hydrogen) atoms. The minimum Gasteiger partial charge on any atom is -0.450 e. The van der Waals surface area contributed by atoms with Crippen LogP contribution in [-0.2, 0) is 5.41 Å². The van der Waals surface area contributed by atoms with Crippen LogP contribution in [0.4, 0.5) is 0 Å². The lowest BCUT2D eigenvalue weighted by molar-refractivity contribution is 0.0728. The van der Waals surface area contributed by atoms with Crippen LogP contribution < -0.4 is 5.43 Å². The van der Waals surface area contributed by atoms with Crippen LogP contribution in [0, 0.1) is 6.92 Å². The van der Waals surface area contributed by atoms with Crippen LogP contribution in [-0.4, -0.2) is 17.4 Å². The van der Waals surface area contributed by atoms with E-state index in [1.165, 1.54) is 5.56 Å². The van der Waals surface area contributed by atoms with Crippen molar-refractivity contribution in [1.82, 2.24) is 4.90 Å². The van der Waals surface area contributed by atoms with Gasteiger partial charge in [-0.15, -0.1) is 0 Å². The molecule has 0 radical (unpaired) electrons. The number of rotatable bonds is 3. The average Bonchev–Trinajstić information content (AvgIpc) is 2.96. The molecule has 1 aliphatic heterocycles. The molecular formula is C25H26ClNO3. The molecule has 4 nitrogen and oxygen atoms in total. The smallest absolute Gasteiger partial charge is 0.290 e. The fourth-order valence-electron chi connectivity index (χ4n) is 4.12. The Kier molecular flexibility index (Phi) is 5.01. The number of carbonyl (C=O) groups is 1. The highest BCUT2D eigenvalue weighted by molar-refractivity contribution is 6.32. The molecule has 0 bridgehead atoms. The first kappa shape index (κ1) is 20.7. The molecule has 1 aromatic heterocycles. The quantitative estimate of drug-likeness (QED) is 0.518. The van der Waals surface area contributed by atoms with Gasteiger partial charge in [0.1, 0.15) is 5.58 Å². The fraction of sp³-hybridized carbons (Fsp3) is 0.360. The Morgan fingerprint density at radius 3 is 2.37 bits per heavy atom. The molecule has 5 heteroatoms. The molecule has 156 valence electrons. The SMILES string of the molecule is CCCN1C(=O)c2oc3cc(C)c(Cl)cc3c(=O)c2C1c1ccc(C(C)(C)C)cc1. The number of aryl methyl sites for hydroxylation is 1. The van der Waals surface area contributed by atoms with Crippen LogP contribution >= 0.6 is 11.6 Å². The number of hydrogen-bond acceptors (Lipinski definition) is 3. The summed E-state index contributed by atoms with van der Waals surface area (Å²) in [6.45, 7) is 10.9. The number of amides is 1. The van der Waals surface area contributed by atoms with E-state index in [2.05, 4.69) is 32.9 Å². The van der Waals surface area contributed by atoms with Gasteiger partial charge in [0.2, 0.25) is 5.76 Å². The molecule has 1 atom stereocenters. The van der Waals surface area contributed by atoms with Crippen molar-refractivity contribution in [3.63, 3.8) is 0 Å². The molecule has 2 heterocycles. The van der Waals surface area contributed by atoms with Crippen LogP contribution in [0.5, 0.6) is 0 Å². The first-order valence-electron chi connectivity index (χ1n) is 10.3. The van der Waals surface area contributed by atoms with Crippen LogP contribution in [0.2, 0.25) is 5.02 Å². The minimum absolute atomic E-state index is 0.0227. The van der Waals surface area contributed by atoms with E-state index < -0.39 is 6.04 Å². The maximum atomic E-state index is 13.5. The van der Waals surface area contributed by atoms with E-state index >= 15 is 0 Å². The molecular weight excluding hydrogens is 398 g/mol. The van der Waals surface area contributed by atoms with Gasteiger partial charge in [0.15, 0.2) is 5.43 Å². The van der Waals surface area contributed by atoms with E-state index in [0.717, 1.165) is 17.5 Å². The van der Waals surface area contributed by atoms with Crippen molar-refractivity contribution in [3.05, 3.63) is 79.7 Å². The second kappa shape index (κ2) is 7.28. The second-order valence-corrected chi connectivity index (χ2v) is 9.45. The van der Waals surface area contributed by atoms with Crippen LogP contribution in [0.3, 0.4) is 0 Å². The lowest BCUT2D eigenvalue weighted by Gasteiger charge is -2.26. The molecule has 0 N–H and O–H groups in total. The third kappa shape index (κ3) is 3.24. The largest absolute Gasteiger partial charge is 0.450 e. The Labute approximate surface area is 181 Å². The minimum atomic E-state index is -0.456. The number of benzene rings is 2. The predicted octanol–water partition coefficient (Wildman–Crippen LogP) is 6.01. The first-order valence-corrected chi connectivity index (χ1v) is 10.7. The Morgan fingerprint density at radius 2 is 1.77 bits per heavy atom. The van der Waals surface area contributed by atoms with Crippen molar-refractivity contribution in [2.75, 3.05) is 6.54 Å². The number of hydrogen-bond donors (Lipinski definition) is 0. The summed E-state index contributed by atoms with van der Waals surface area (Å²) >= 11 is 6.27. The second-order valence-electron chi connectivity index (χ2n) is 9.04. The van der Waals surface area contributed by atoms with Gasteiger partial charge in [-0.25, -0.2) is 0 Å². The van der Waals surface area contributed by atoms with E-state index in [1.807, 2.05) is 26.0 Å². The summed E-state index contributed by atoms with van der Waals surface area (Å²) in [6, 6.07) is 11.1. The monoisotopic (exact) mass is 423 g/mol. The topological polar surface area (TPSA) is 50.5 Å². The summed E-state index contributed by atoms with van der Waals surface area (Å²) in [5.74, 6) is -0.0871. The van der Waals surface area contributed by atoms with Crippen LogP contribution in [0.1, 0.15) is 73.0 Å². The molecule has 0 saturated heterocycles. The van der Waals surface area contributed by atoms with Crippen molar-refractivity contribution in [2.24, 2.45) is 0 Å². The van der Waals surface area contributed by atoms with Gasteiger partial charge in [0.05, 0.1) is 17.0 Å². The van der Waals surface area contributed by atoms with Gasteiger partial charge in [-0.05, 0) is 47.6 Å². The number of fused-ring (bicyclic) bond motifs is 2. The van der Waals surface area contributed by atoms with E-state index in [1.54, 1.807) is 17.0 Å².